The Balaban J connectivity index is 1.37. The third-order valence-corrected chi connectivity index (χ3v) is 5.76. The van der Waals surface area contributed by atoms with E-state index in [9.17, 15) is 0 Å². The van der Waals surface area contributed by atoms with Crippen LogP contribution >= 0.6 is 0 Å². The van der Waals surface area contributed by atoms with Crippen LogP contribution < -0.4 is 4.74 Å². The number of nitrogens with zero attached hydrogens (tertiary/aromatic N) is 6. The Morgan fingerprint density at radius 2 is 1.82 bits per heavy atom. The molecule has 0 aliphatic carbocycles. The number of benzene rings is 1. The van der Waals surface area contributed by atoms with Crippen LogP contribution in [-0.2, 0) is 6.54 Å². The van der Waals surface area contributed by atoms with Gasteiger partial charge >= 0.3 is 0 Å². The summed E-state index contributed by atoms with van der Waals surface area (Å²) in [5.74, 6) is 2.24. The number of hydrogen-bond acceptors (Lipinski definition) is 8. The van der Waals surface area contributed by atoms with Gasteiger partial charge in [0, 0.05) is 50.3 Å². The molecule has 5 rings (SSSR count). The highest BCUT2D eigenvalue weighted by molar-refractivity contribution is 5.45. The van der Waals surface area contributed by atoms with Crippen LogP contribution in [-0.4, -0.2) is 49.2 Å². The van der Waals surface area contributed by atoms with E-state index in [-0.39, 0.29) is 17.9 Å². The highest BCUT2D eigenvalue weighted by Gasteiger charge is 2.38. The normalized spacial score (nSPS) is 18.6. The monoisotopic (exact) mass is 442 g/mol. The van der Waals surface area contributed by atoms with E-state index in [0.717, 1.165) is 25.4 Å². The van der Waals surface area contributed by atoms with Crippen LogP contribution in [0.5, 0.6) is 5.75 Å². The van der Waals surface area contributed by atoms with Gasteiger partial charge < -0.3 is 9.26 Å². The van der Waals surface area contributed by atoms with Gasteiger partial charge in [-0.15, -0.1) is 0 Å². The Morgan fingerprint density at radius 1 is 1.00 bits per heavy atom. The summed E-state index contributed by atoms with van der Waals surface area (Å²) in [6.45, 7) is 6.59. The lowest BCUT2D eigenvalue weighted by Crippen LogP contribution is -2.20. The van der Waals surface area contributed by atoms with Gasteiger partial charge in [-0.25, -0.2) is 4.98 Å². The predicted molar refractivity (Wildman–Crippen MR) is 123 cm³/mol. The van der Waals surface area contributed by atoms with E-state index < -0.39 is 0 Å². The molecule has 1 saturated heterocycles. The van der Waals surface area contributed by atoms with E-state index in [1.165, 1.54) is 11.1 Å². The Hall–Kier alpha value is -3.65. The highest BCUT2D eigenvalue weighted by Crippen LogP contribution is 2.39. The minimum atomic E-state index is 0.0654. The molecule has 0 radical (unpaired) electrons. The van der Waals surface area contributed by atoms with E-state index in [1.54, 1.807) is 24.8 Å². The van der Waals surface area contributed by atoms with Crippen molar-refractivity contribution in [2.45, 2.75) is 38.3 Å². The number of ether oxygens (including phenoxy) is 1. The first-order chi connectivity index (χ1) is 16.2. The fourth-order valence-corrected chi connectivity index (χ4v) is 4.31. The summed E-state index contributed by atoms with van der Waals surface area (Å²) in [6, 6.07) is 12.4. The first-order valence-electron chi connectivity index (χ1n) is 11.1. The van der Waals surface area contributed by atoms with Crippen molar-refractivity contribution in [1.82, 2.24) is 30.0 Å². The maximum absolute atomic E-state index is 5.77. The number of likely N-dealkylation sites (tertiary alicyclic amines) is 1. The van der Waals surface area contributed by atoms with Crippen LogP contribution in [0.2, 0.25) is 0 Å². The second-order valence-corrected chi connectivity index (χ2v) is 8.55. The molecule has 1 aliphatic rings. The molecule has 4 heterocycles. The van der Waals surface area contributed by atoms with Gasteiger partial charge in [0.25, 0.3) is 0 Å². The molecule has 0 spiro atoms. The van der Waals surface area contributed by atoms with Crippen molar-refractivity contribution in [3.05, 3.63) is 84.4 Å². The van der Waals surface area contributed by atoms with Gasteiger partial charge in [-0.05, 0) is 43.2 Å². The number of aromatic nitrogens is 5. The lowest BCUT2D eigenvalue weighted by atomic mass is 9.90. The molecule has 33 heavy (non-hydrogen) atoms. The zero-order chi connectivity index (χ0) is 22.6. The number of hydrogen-bond donors (Lipinski definition) is 0. The van der Waals surface area contributed by atoms with Gasteiger partial charge in [-0.1, -0.05) is 23.4 Å². The molecule has 0 amide bonds. The zero-order valence-corrected chi connectivity index (χ0v) is 18.7. The topological polar surface area (TPSA) is 90.1 Å². The minimum Gasteiger partial charge on any atom is -0.491 e. The largest absolute Gasteiger partial charge is 0.491 e. The molecule has 0 N–H and O–H groups in total. The summed E-state index contributed by atoms with van der Waals surface area (Å²) in [4.78, 5) is 19.8. The van der Waals surface area contributed by atoms with Crippen LogP contribution in [0.4, 0.5) is 0 Å². The third kappa shape index (κ3) is 4.90. The van der Waals surface area contributed by atoms with Gasteiger partial charge in [-0.2, -0.15) is 4.98 Å². The quantitative estimate of drug-likeness (QED) is 0.423. The Bertz CT molecular complexity index is 1160. The number of rotatable bonds is 7. The van der Waals surface area contributed by atoms with Crippen molar-refractivity contribution < 1.29 is 9.26 Å². The van der Waals surface area contributed by atoms with Crippen molar-refractivity contribution >= 4 is 0 Å². The van der Waals surface area contributed by atoms with E-state index in [0.29, 0.717) is 17.4 Å². The zero-order valence-electron chi connectivity index (χ0n) is 18.7. The van der Waals surface area contributed by atoms with Gasteiger partial charge in [0.15, 0.2) is 0 Å². The van der Waals surface area contributed by atoms with Crippen LogP contribution in [0, 0.1) is 0 Å². The van der Waals surface area contributed by atoms with Crippen molar-refractivity contribution in [2.24, 2.45) is 0 Å². The average Bonchev–Trinajstić information content (AvgIpc) is 3.49. The summed E-state index contributed by atoms with van der Waals surface area (Å²) in [6.07, 6.45) is 8.78. The molecule has 3 aromatic heterocycles. The SMILES string of the molecule is CC(C)Oc1ccc(CN2C[C@@H](c3cccnc3)[C@H](c3nc(-c4cnccn4)no3)C2)cc1. The first-order valence-corrected chi connectivity index (χ1v) is 11.1. The van der Waals surface area contributed by atoms with Crippen molar-refractivity contribution in [1.29, 1.82) is 0 Å². The fraction of sp³-hybridized carbons (Fsp3) is 0.320. The molecule has 0 unspecified atom stereocenters. The van der Waals surface area contributed by atoms with Crippen molar-refractivity contribution in [3.8, 4) is 17.3 Å². The van der Waals surface area contributed by atoms with E-state index in [2.05, 4.69) is 48.2 Å². The fourth-order valence-electron chi connectivity index (χ4n) is 4.31. The molecule has 1 fully saturated rings. The maximum atomic E-state index is 5.77. The standard InChI is InChI=1S/C25H26N6O2/c1-17(2)32-20-7-5-18(6-8-20)14-31-15-21(19-4-3-9-26-12-19)22(16-31)25-29-24(30-33-25)23-13-27-10-11-28-23/h3-13,17,21-22H,14-16H2,1-2H3/t21-,22+/m0/s1. The van der Waals surface area contributed by atoms with E-state index in [4.69, 9.17) is 9.26 Å². The summed E-state index contributed by atoms with van der Waals surface area (Å²) in [7, 11) is 0. The molecule has 168 valence electrons. The van der Waals surface area contributed by atoms with Crippen molar-refractivity contribution in [3.63, 3.8) is 0 Å². The van der Waals surface area contributed by atoms with Crippen LogP contribution in [0.3, 0.4) is 0 Å². The molecule has 1 aliphatic heterocycles. The predicted octanol–water partition coefficient (Wildman–Crippen LogP) is 4.09. The Morgan fingerprint density at radius 3 is 2.55 bits per heavy atom. The minimum absolute atomic E-state index is 0.0654. The summed E-state index contributed by atoms with van der Waals surface area (Å²) >= 11 is 0. The molecule has 4 aromatic rings. The summed E-state index contributed by atoms with van der Waals surface area (Å²) < 4.78 is 11.5. The van der Waals surface area contributed by atoms with E-state index in [1.807, 2.05) is 38.2 Å². The Labute approximate surface area is 192 Å². The van der Waals surface area contributed by atoms with E-state index >= 15 is 0 Å². The van der Waals surface area contributed by atoms with Crippen LogP contribution in [0.15, 0.2) is 71.9 Å². The molecule has 2 atom stereocenters. The van der Waals surface area contributed by atoms with Crippen molar-refractivity contribution in [2.75, 3.05) is 13.1 Å². The van der Waals surface area contributed by atoms with Crippen LogP contribution in [0.25, 0.3) is 11.5 Å². The smallest absolute Gasteiger partial charge is 0.232 e. The summed E-state index contributed by atoms with van der Waals surface area (Å²) in [5, 5.41) is 4.16. The second kappa shape index (κ2) is 9.46. The maximum Gasteiger partial charge on any atom is 0.232 e. The molecule has 1 aromatic carbocycles. The molecule has 8 nitrogen and oxygen atoms in total. The van der Waals surface area contributed by atoms with Gasteiger partial charge in [0.05, 0.1) is 18.2 Å². The lowest BCUT2D eigenvalue weighted by molar-refractivity contribution is 0.242. The van der Waals surface area contributed by atoms with Gasteiger partial charge in [0.1, 0.15) is 11.4 Å². The molecular weight excluding hydrogens is 416 g/mol. The Kier molecular flexibility index (Phi) is 6.08. The molecule has 0 bridgehead atoms. The average molecular weight is 443 g/mol. The first kappa shape index (κ1) is 21.2. The third-order valence-electron chi connectivity index (χ3n) is 5.76. The summed E-state index contributed by atoms with van der Waals surface area (Å²) in [5.41, 5.74) is 3.01. The highest BCUT2D eigenvalue weighted by atomic mass is 16.5. The second-order valence-electron chi connectivity index (χ2n) is 8.55. The molecule has 8 heteroatoms. The number of pyridine rings is 1. The molecular formula is C25H26N6O2. The lowest BCUT2D eigenvalue weighted by Gasteiger charge is -2.16. The van der Waals surface area contributed by atoms with Gasteiger partial charge in [-0.3, -0.25) is 14.9 Å². The molecule has 0 saturated carbocycles. The van der Waals surface area contributed by atoms with Crippen LogP contribution in [0.1, 0.15) is 42.7 Å². The van der Waals surface area contributed by atoms with Gasteiger partial charge in [0.2, 0.25) is 11.7 Å².